The Labute approximate surface area is 123 Å². The number of hydrogen-bond donors (Lipinski definition) is 4. The predicted molar refractivity (Wildman–Crippen MR) is 77.0 cm³/mol. The zero-order valence-corrected chi connectivity index (χ0v) is 11.1. The van der Waals surface area contributed by atoms with Gasteiger partial charge in [-0.05, 0) is 24.3 Å². The number of aromatic carboxylic acids is 1. The molecule has 22 heavy (non-hydrogen) atoms. The molecule has 0 spiro atoms. The highest BCUT2D eigenvalue weighted by atomic mass is 16.4. The van der Waals surface area contributed by atoms with Gasteiger partial charge in [-0.15, -0.1) is 10.2 Å². The molecule has 0 atom stereocenters. The fourth-order valence-corrected chi connectivity index (χ4v) is 1.95. The summed E-state index contributed by atoms with van der Waals surface area (Å²) in [6.45, 7) is 0. The first kappa shape index (κ1) is 13.6. The van der Waals surface area contributed by atoms with Crippen LogP contribution in [-0.4, -0.2) is 31.3 Å². The van der Waals surface area contributed by atoms with E-state index in [4.69, 9.17) is 5.11 Å². The molecule has 0 aliphatic carbocycles. The summed E-state index contributed by atoms with van der Waals surface area (Å²) < 4.78 is 0. The Morgan fingerprint density at radius 1 is 1.09 bits per heavy atom. The number of carboxylic acids is 1. The molecule has 8 nitrogen and oxygen atoms in total. The molecule has 4 N–H and O–H groups in total. The van der Waals surface area contributed by atoms with E-state index >= 15 is 0 Å². The number of benzene rings is 2. The second-order valence-electron chi connectivity index (χ2n) is 4.41. The van der Waals surface area contributed by atoms with Crippen molar-refractivity contribution in [3.63, 3.8) is 0 Å². The van der Waals surface area contributed by atoms with Crippen molar-refractivity contribution in [3.05, 3.63) is 42.0 Å². The van der Waals surface area contributed by atoms with E-state index < -0.39 is 23.0 Å². The first-order valence-corrected chi connectivity index (χ1v) is 6.21. The number of fused-ring (bicyclic) bond motifs is 1. The van der Waals surface area contributed by atoms with Crippen molar-refractivity contribution in [1.82, 2.24) is 9.97 Å². The Morgan fingerprint density at radius 2 is 1.86 bits per heavy atom. The molecule has 0 radical (unpaired) electrons. The van der Waals surface area contributed by atoms with Crippen LogP contribution in [0.4, 0.5) is 11.6 Å². The van der Waals surface area contributed by atoms with Crippen LogP contribution in [0.3, 0.4) is 0 Å². The van der Waals surface area contributed by atoms with E-state index in [1.54, 1.807) is 6.07 Å². The maximum absolute atomic E-state index is 11.0. The van der Waals surface area contributed by atoms with E-state index in [1.165, 1.54) is 6.07 Å². The zero-order valence-electron chi connectivity index (χ0n) is 11.1. The minimum Gasteiger partial charge on any atom is -0.507 e. The molecule has 2 aromatic carbocycles. The van der Waals surface area contributed by atoms with Crippen LogP contribution in [0.5, 0.6) is 11.5 Å². The van der Waals surface area contributed by atoms with Gasteiger partial charge in [-0.1, -0.05) is 12.1 Å². The molecule has 1 heterocycles. The largest absolute Gasteiger partial charge is 0.507 e. The van der Waals surface area contributed by atoms with E-state index in [9.17, 15) is 15.0 Å². The third kappa shape index (κ3) is 2.33. The molecule has 3 rings (SSSR count). The average molecular weight is 298 g/mol. The van der Waals surface area contributed by atoms with Gasteiger partial charge in [0.15, 0.2) is 5.75 Å². The highest BCUT2D eigenvalue weighted by Crippen LogP contribution is 2.36. The lowest BCUT2D eigenvalue weighted by molar-refractivity contribution is 0.0690. The van der Waals surface area contributed by atoms with E-state index in [-0.39, 0.29) is 11.6 Å². The van der Waals surface area contributed by atoms with Crippen molar-refractivity contribution in [2.24, 2.45) is 10.2 Å². The molecule has 3 aromatic rings. The molecule has 0 unspecified atom stereocenters. The summed E-state index contributed by atoms with van der Waals surface area (Å²) in [6, 6.07) is 9.66. The Morgan fingerprint density at radius 3 is 2.59 bits per heavy atom. The molecule has 0 bridgehead atoms. The Kier molecular flexibility index (Phi) is 3.18. The molecule has 1 aromatic heterocycles. The monoisotopic (exact) mass is 298 g/mol. The van der Waals surface area contributed by atoms with Gasteiger partial charge in [0.25, 0.3) is 0 Å². The third-order valence-electron chi connectivity index (χ3n) is 2.98. The van der Waals surface area contributed by atoms with Crippen molar-refractivity contribution in [2.75, 3.05) is 0 Å². The van der Waals surface area contributed by atoms with Crippen LogP contribution in [0.25, 0.3) is 11.0 Å². The number of hydrogen-bond acceptors (Lipinski definition) is 6. The average Bonchev–Trinajstić information content (AvgIpc) is 2.89. The summed E-state index contributed by atoms with van der Waals surface area (Å²) in [6.07, 6.45) is 0. The van der Waals surface area contributed by atoms with Crippen LogP contribution < -0.4 is 0 Å². The van der Waals surface area contributed by atoms with Crippen molar-refractivity contribution >= 4 is 28.6 Å². The molecule has 0 saturated carbocycles. The standard InChI is InChI=1S/C14H10N4O4/c19-10-6-5-9(12(20)11(10)13(21)22)17-18-14-15-7-3-1-2-4-8(7)16-14/h1-6,19-20H,(H,15,16)(H,21,22). The lowest BCUT2D eigenvalue weighted by Crippen LogP contribution is -1.97. The number of aromatic amines is 1. The lowest BCUT2D eigenvalue weighted by Gasteiger charge is -2.04. The summed E-state index contributed by atoms with van der Waals surface area (Å²) in [7, 11) is 0. The smallest absolute Gasteiger partial charge is 0.343 e. The molecule has 0 aliphatic rings. The van der Waals surface area contributed by atoms with Crippen LogP contribution in [0.1, 0.15) is 10.4 Å². The lowest BCUT2D eigenvalue weighted by atomic mass is 10.1. The number of nitrogens with one attached hydrogen (secondary N) is 1. The number of aromatic hydroxyl groups is 2. The summed E-state index contributed by atoms with van der Waals surface area (Å²) in [4.78, 5) is 18.1. The first-order chi connectivity index (χ1) is 10.6. The second-order valence-corrected chi connectivity index (χ2v) is 4.41. The second kappa shape index (κ2) is 5.17. The summed E-state index contributed by atoms with van der Waals surface area (Å²) in [5, 5.41) is 35.8. The maximum Gasteiger partial charge on any atom is 0.343 e. The molecule has 0 aliphatic heterocycles. The summed E-state index contributed by atoms with van der Waals surface area (Å²) in [5.74, 6) is -2.46. The Hall–Kier alpha value is -3.42. The fraction of sp³-hybridized carbons (Fsp3) is 0. The van der Waals surface area contributed by atoms with E-state index in [0.717, 1.165) is 11.6 Å². The Balaban J connectivity index is 1.99. The Bertz CT molecular complexity index is 868. The van der Waals surface area contributed by atoms with Gasteiger partial charge in [-0.3, -0.25) is 0 Å². The van der Waals surface area contributed by atoms with Crippen LogP contribution in [-0.2, 0) is 0 Å². The van der Waals surface area contributed by atoms with E-state index in [1.807, 2.05) is 18.2 Å². The third-order valence-corrected chi connectivity index (χ3v) is 2.98. The zero-order chi connectivity index (χ0) is 15.7. The van der Waals surface area contributed by atoms with E-state index in [2.05, 4.69) is 20.2 Å². The van der Waals surface area contributed by atoms with Gasteiger partial charge in [0.05, 0.1) is 11.0 Å². The number of azo groups is 1. The minimum absolute atomic E-state index is 0.0874. The number of nitrogens with zero attached hydrogens (tertiary/aromatic N) is 3. The predicted octanol–water partition coefficient (Wildman–Crippen LogP) is 3.09. The molecular formula is C14H10N4O4. The van der Waals surface area contributed by atoms with Gasteiger partial charge in [-0.2, -0.15) is 0 Å². The molecule has 0 saturated heterocycles. The number of H-pyrrole nitrogens is 1. The number of para-hydroxylation sites is 2. The van der Waals surface area contributed by atoms with Crippen molar-refractivity contribution in [1.29, 1.82) is 0 Å². The molecule has 0 amide bonds. The number of carbonyl (C=O) groups is 1. The van der Waals surface area contributed by atoms with Gasteiger partial charge >= 0.3 is 5.97 Å². The van der Waals surface area contributed by atoms with Crippen molar-refractivity contribution < 1.29 is 20.1 Å². The van der Waals surface area contributed by atoms with Crippen LogP contribution in [0.15, 0.2) is 46.6 Å². The SMILES string of the molecule is O=C(O)c1c(O)ccc(N=Nc2nc3ccccc3[nH]2)c1O. The van der Waals surface area contributed by atoms with Crippen LogP contribution in [0, 0.1) is 0 Å². The molecule has 8 heteroatoms. The highest BCUT2D eigenvalue weighted by Gasteiger charge is 2.18. The van der Waals surface area contributed by atoms with Gasteiger partial charge < -0.3 is 20.3 Å². The van der Waals surface area contributed by atoms with Gasteiger partial charge in [0.2, 0.25) is 5.95 Å². The minimum atomic E-state index is -1.46. The summed E-state index contributed by atoms with van der Waals surface area (Å²) in [5.41, 5.74) is 0.770. The van der Waals surface area contributed by atoms with Gasteiger partial charge in [0.1, 0.15) is 17.0 Å². The normalized spacial score (nSPS) is 11.3. The van der Waals surface area contributed by atoms with Gasteiger partial charge in [0, 0.05) is 0 Å². The number of rotatable bonds is 3. The van der Waals surface area contributed by atoms with Crippen molar-refractivity contribution in [2.45, 2.75) is 0 Å². The fourth-order valence-electron chi connectivity index (χ4n) is 1.95. The summed E-state index contributed by atoms with van der Waals surface area (Å²) >= 11 is 0. The number of phenols is 2. The number of aromatic nitrogens is 2. The van der Waals surface area contributed by atoms with Crippen LogP contribution in [0.2, 0.25) is 0 Å². The molecule has 0 fully saturated rings. The van der Waals surface area contributed by atoms with Crippen LogP contribution >= 0.6 is 0 Å². The topological polar surface area (TPSA) is 131 Å². The quantitative estimate of drug-likeness (QED) is 0.552. The number of carboxylic acid groups (broad SMARTS) is 1. The highest BCUT2D eigenvalue weighted by molar-refractivity contribution is 5.95. The molecule has 110 valence electrons. The van der Waals surface area contributed by atoms with Gasteiger partial charge in [-0.25, -0.2) is 9.78 Å². The molecular weight excluding hydrogens is 288 g/mol. The van der Waals surface area contributed by atoms with Crippen molar-refractivity contribution in [3.8, 4) is 11.5 Å². The first-order valence-electron chi connectivity index (χ1n) is 6.21. The van der Waals surface area contributed by atoms with E-state index in [0.29, 0.717) is 5.52 Å². The number of imidazole rings is 1. The maximum atomic E-state index is 11.0.